The molecule has 1 aromatic rings. The van der Waals surface area contributed by atoms with Crippen LogP contribution in [0.1, 0.15) is 32.6 Å². The van der Waals surface area contributed by atoms with Crippen LogP contribution in [-0.2, 0) is 9.59 Å². The fraction of sp³-hybridized carbons (Fsp3) is 0.500. The summed E-state index contributed by atoms with van der Waals surface area (Å²) in [5, 5.41) is 9.24. The summed E-state index contributed by atoms with van der Waals surface area (Å²) in [5.74, 6) is 0.113. The number of carbonyl (C=O) groups is 2. The van der Waals surface area contributed by atoms with Crippen molar-refractivity contribution in [2.24, 2.45) is 5.92 Å². The number of hydrogen-bond acceptors (Lipinski definition) is 3. The number of hydrogen-bond donors (Lipinski definition) is 3. The molecule has 5 heteroatoms. The van der Waals surface area contributed by atoms with Gasteiger partial charge in [-0.3, -0.25) is 9.59 Å². The van der Waals surface area contributed by atoms with Crippen LogP contribution in [0.3, 0.4) is 0 Å². The molecule has 0 saturated carbocycles. The van der Waals surface area contributed by atoms with Gasteiger partial charge in [0.25, 0.3) is 0 Å². The van der Waals surface area contributed by atoms with Crippen LogP contribution in [0.15, 0.2) is 24.3 Å². The van der Waals surface area contributed by atoms with Crippen molar-refractivity contribution in [2.45, 2.75) is 44.7 Å². The lowest BCUT2D eigenvalue weighted by Crippen LogP contribution is -2.32. The van der Waals surface area contributed by atoms with E-state index in [0.717, 1.165) is 18.5 Å². The molecule has 3 unspecified atom stereocenters. The number of carbonyl (C=O) groups excluding carboxylic acids is 2. The van der Waals surface area contributed by atoms with E-state index >= 15 is 0 Å². The third kappa shape index (κ3) is 3.08. The Labute approximate surface area is 124 Å². The van der Waals surface area contributed by atoms with Gasteiger partial charge in [-0.2, -0.15) is 0 Å². The molecule has 2 saturated heterocycles. The summed E-state index contributed by atoms with van der Waals surface area (Å²) in [6.45, 7) is 1.81. The summed E-state index contributed by atoms with van der Waals surface area (Å²) < 4.78 is 0. The number of benzene rings is 1. The van der Waals surface area contributed by atoms with Gasteiger partial charge in [0.1, 0.15) is 0 Å². The molecule has 2 heterocycles. The van der Waals surface area contributed by atoms with E-state index < -0.39 is 0 Å². The Morgan fingerprint density at radius 3 is 2.62 bits per heavy atom. The van der Waals surface area contributed by atoms with Crippen LogP contribution < -0.4 is 16.0 Å². The van der Waals surface area contributed by atoms with Gasteiger partial charge in [0, 0.05) is 29.9 Å². The van der Waals surface area contributed by atoms with Crippen LogP contribution in [0.4, 0.5) is 11.4 Å². The number of anilines is 2. The Balaban J connectivity index is 1.63. The molecule has 2 aliphatic heterocycles. The monoisotopic (exact) mass is 287 g/mol. The van der Waals surface area contributed by atoms with Crippen molar-refractivity contribution >= 4 is 23.2 Å². The average Bonchev–Trinajstić information content (AvgIpc) is 3.10. The molecule has 3 N–H and O–H groups in total. The van der Waals surface area contributed by atoms with Crippen molar-refractivity contribution in [3.8, 4) is 0 Å². The molecule has 0 aliphatic carbocycles. The second kappa shape index (κ2) is 5.85. The van der Waals surface area contributed by atoms with E-state index in [1.807, 2.05) is 25.1 Å². The summed E-state index contributed by atoms with van der Waals surface area (Å²) in [5.41, 5.74) is 1.45. The van der Waals surface area contributed by atoms with Crippen LogP contribution in [0, 0.1) is 5.92 Å². The summed E-state index contributed by atoms with van der Waals surface area (Å²) in [7, 11) is 0. The highest BCUT2D eigenvalue weighted by Crippen LogP contribution is 2.34. The van der Waals surface area contributed by atoms with Gasteiger partial charge in [0.15, 0.2) is 0 Å². The van der Waals surface area contributed by atoms with Gasteiger partial charge in [0.05, 0.1) is 5.92 Å². The van der Waals surface area contributed by atoms with Crippen LogP contribution in [-0.4, -0.2) is 23.9 Å². The summed E-state index contributed by atoms with van der Waals surface area (Å²) in [4.78, 5) is 23.8. The fourth-order valence-corrected chi connectivity index (χ4v) is 3.27. The largest absolute Gasteiger partial charge is 0.326 e. The fourth-order valence-electron chi connectivity index (χ4n) is 3.27. The van der Waals surface area contributed by atoms with Gasteiger partial charge in [-0.15, -0.1) is 0 Å². The van der Waals surface area contributed by atoms with Gasteiger partial charge >= 0.3 is 0 Å². The highest BCUT2D eigenvalue weighted by atomic mass is 16.2. The molecule has 2 amide bonds. The first-order valence-electron chi connectivity index (χ1n) is 7.62. The van der Waals surface area contributed by atoms with Crippen molar-refractivity contribution in [1.82, 2.24) is 5.32 Å². The first-order valence-corrected chi connectivity index (χ1v) is 7.62. The second-order valence-electron chi connectivity index (χ2n) is 5.86. The first-order chi connectivity index (χ1) is 10.2. The standard InChI is InChI=1S/C16H21N3O2/c1-2-15(20)18-10-4-3-5-11(8-10)19-16(21)13-9-12-6-7-14(13)17-12/h3-5,8,12-14,17H,2,6-7,9H2,1H3,(H,18,20)(H,19,21). The maximum Gasteiger partial charge on any atom is 0.229 e. The molecular weight excluding hydrogens is 266 g/mol. The van der Waals surface area contributed by atoms with Crippen LogP contribution in [0.25, 0.3) is 0 Å². The zero-order valence-electron chi connectivity index (χ0n) is 12.2. The van der Waals surface area contributed by atoms with Crippen LogP contribution >= 0.6 is 0 Å². The van der Waals surface area contributed by atoms with Crippen molar-refractivity contribution in [3.63, 3.8) is 0 Å². The topological polar surface area (TPSA) is 70.2 Å². The van der Waals surface area contributed by atoms with Crippen molar-refractivity contribution in [2.75, 3.05) is 10.6 Å². The molecule has 3 rings (SSSR count). The highest BCUT2D eigenvalue weighted by Gasteiger charge is 2.42. The number of rotatable bonds is 4. The van der Waals surface area contributed by atoms with E-state index in [-0.39, 0.29) is 17.7 Å². The van der Waals surface area contributed by atoms with Gasteiger partial charge in [-0.05, 0) is 37.5 Å². The molecule has 2 aliphatic rings. The van der Waals surface area contributed by atoms with E-state index in [9.17, 15) is 9.59 Å². The third-order valence-electron chi connectivity index (χ3n) is 4.37. The molecule has 2 fully saturated rings. The molecule has 5 nitrogen and oxygen atoms in total. The van der Waals surface area contributed by atoms with Crippen molar-refractivity contribution < 1.29 is 9.59 Å². The van der Waals surface area contributed by atoms with Gasteiger partial charge in [-0.25, -0.2) is 0 Å². The lowest BCUT2D eigenvalue weighted by molar-refractivity contribution is -0.120. The normalized spacial score (nSPS) is 26.6. The zero-order valence-corrected chi connectivity index (χ0v) is 12.2. The summed E-state index contributed by atoms with van der Waals surface area (Å²) >= 11 is 0. The van der Waals surface area contributed by atoms with E-state index in [4.69, 9.17) is 0 Å². The third-order valence-corrected chi connectivity index (χ3v) is 4.37. The minimum Gasteiger partial charge on any atom is -0.326 e. The number of nitrogens with one attached hydrogen (secondary N) is 3. The summed E-state index contributed by atoms with van der Waals surface area (Å²) in [6, 6.07) is 8.15. The lowest BCUT2D eigenvalue weighted by Gasteiger charge is -2.19. The van der Waals surface area contributed by atoms with E-state index in [1.165, 1.54) is 6.42 Å². The number of amides is 2. The number of fused-ring (bicyclic) bond motifs is 2. The molecule has 3 atom stereocenters. The maximum atomic E-state index is 12.4. The minimum atomic E-state index is -0.0317. The smallest absolute Gasteiger partial charge is 0.229 e. The molecule has 0 radical (unpaired) electrons. The molecule has 1 aromatic carbocycles. The van der Waals surface area contributed by atoms with Gasteiger partial charge < -0.3 is 16.0 Å². The van der Waals surface area contributed by atoms with Gasteiger partial charge in [0.2, 0.25) is 11.8 Å². The maximum absolute atomic E-state index is 12.4. The predicted octanol–water partition coefficient (Wildman–Crippen LogP) is 2.11. The summed E-state index contributed by atoms with van der Waals surface area (Å²) in [6.07, 6.45) is 3.65. The van der Waals surface area contributed by atoms with E-state index in [2.05, 4.69) is 16.0 Å². The minimum absolute atomic E-state index is 0.0317. The molecule has 112 valence electrons. The molecule has 2 bridgehead atoms. The van der Waals surface area contributed by atoms with Crippen molar-refractivity contribution in [1.29, 1.82) is 0 Å². The molecule has 0 aromatic heterocycles. The zero-order chi connectivity index (χ0) is 14.8. The molecule has 0 spiro atoms. The average molecular weight is 287 g/mol. The second-order valence-corrected chi connectivity index (χ2v) is 5.86. The first kappa shape index (κ1) is 14.1. The highest BCUT2D eigenvalue weighted by molar-refractivity contribution is 5.95. The van der Waals surface area contributed by atoms with Crippen LogP contribution in [0.5, 0.6) is 0 Å². The van der Waals surface area contributed by atoms with Crippen LogP contribution in [0.2, 0.25) is 0 Å². The molecule has 21 heavy (non-hydrogen) atoms. The van der Waals surface area contributed by atoms with Crippen molar-refractivity contribution in [3.05, 3.63) is 24.3 Å². The van der Waals surface area contributed by atoms with Gasteiger partial charge in [-0.1, -0.05) is 13.0 Å². The van der Waals surface area contributed by atoms with E-state index in [0.29, 0.717) is 24.2 Å². The lowest BCUT2D eigenvalue weighted by atomic mass is 9.88. The molecular formula is C16H21N3O2. The SMILES string of the molecule is CCC(=O)Nc1cccc(NC(=O)C2CC3CCC2N3)c1. The Morgan fingerprint density at radius 2 is 2.00 bits per heavy atom. The predicted molar refractivity (Wildman–Crippen MR) is 82.0 cm³/mol. The Bertz CT molecular complexity index is 558. The Morgan fingerprint density at radius 1 is 1.24 bits per heavy atom. The quantitative estimate of drug-likeness (QED) is 0.794. The Hall–Kier alpha value is -1.88. The Kier molecular flexibility index (Phi) is 3.92. The van der Waals surface area contributed by atoms with E-state index in [1.54, 1.807) is 6.07 Å².